The van der Waals surface area contributed by atoms with E-state index in [0.29, 0.717) is 18.7 Å². The molecule has 0 amide bonds. The fraction of sp³-hybridized carbons (Fsp3) is 0.278. The molecule has 0 aliphatic heterocycles. The highest BCUT2D eigenvalue weighted by atomic mass is 19.4. The Morgan fingerprint density at radius 1 is 1.21 bits per heavy atom. The maximum Gasteiger partial charge on any atom is 0.490 e. The molecule has 0 aliphatic rings. The molecule has 2 aromatic heterocycles. The van der Waals surface area contributed by atoms with Crippen LogP contribution >= 0.6 is 0 Å². The van der Waals surface area contributed by atoms with Crippen LogP contribution in [0.2, 0.25) is 0 Å². The molecule has 0 aliphatic carbocycles. The molecule has 1 aromatic carbocycles. The minimum Gasteiger partial charge on any atom is -0.475 e. The van der Waals surface area contributed by atoms with E-state index in [9.17, 15) is 17.6 Å². The summed E-state index contributed by atoms with van der Waals surface area (Å²) < 4.78 is 52.1. The van der Waals surface area contributed by atoms with Gasteiger partial charge in [-0.05, 0) is 36.2 Å². The van der Waals surface area contributed by atoms with Crippen LogP contribution in [0.1, 0.15) is 5.56 Å². The molecule has 0 saturated carbocycles. The Kier molecular flexibility index (Phi) is 6.68. The fourth-order valence-electron chi connectivity index (χ4n) is 2.29. The van der Waals surface area contributed by atoms with Gasteiger partial charge in [0.15, 0.2) is 0 Å². The zero-order valence-electron chi connectivity index (χ0n) is 15.0. The number of benzene rings is 1. The van der Waals surface area contributed by atoms with Crippen LogP contribution < -0.4 is 0 Å². The van der Waals surface area contributed by atoms with Crippen molar-refractivity contribution in [3.05, 3.63) is 48.0 Å². The highest BCUT2D eigenvalue weighted by Crippen LogP contribution is 2.24. The number of carboxylic acid groups (broad SMARTS) is 1. The Morgan fingerprint density at radius 2 is 1.89 bits per heavy atom. The Morgan fingerprint density at radius 3 is 2.46 bits per heavy atom. The zero-order valence-corrected chi connectivity index (χ0v) is 15.0. The first-order valence-electron chi connectivity index (χ1n) is 8.00. The van der Waals surface area contributed by atoms with Gasteiger partial charge in [-0.1, -0.05) is 6.07 Å². The molecular formula is C18H17F4N3O3. The summed E-state index contributed by atoms with van der Waals surface area (Å²) in [5, 5.41) is 11.4. The van der Waals surface area contributed by atoms with Gasteiger partial charge in [-0.15, -0.1) is 0 Å². The first kappa shape index (κ1) is 21.3. The molecule has 3 aromatic rings. The number of carboxylic acids is 1. The maximum absolute atomic E-state index is 13.4. The molecule has 0 atom stereocenters. The van der Waals surface area contributed by atoms with E-state index in [2.05, 4.69) is 10.1 Å². The summed E-state index contributed by atoms with van der Waals surface area (Å²) in [5.74, 6) is -2.95. The van der Waals surface area contributed by atoms with E-state index in [4.69, 9.17) is 14.6 Å². The summed E-state index contributed by atoms with van der Waals surface area (Å²) in [6.07, 6.45) is -1.55. The molecular weight excluding hydrogens is 382 g/mol. The van der Waals surface area contributed by atoms with Gasteiger partial charge < -0.3 is 9.84 Å². The number of aryl methyl sites for hydroxylation is 1. The second kappa shape index (κ2) is 8.79. The third-order valence-corrected chi connectivity index (χ3v) is 3.74. The zero-order chi connectivity index (χ0) is 20.9. The summed E-state index contributed by atoms with van der Waals surface area (Å²) in [6, 6.07) is 7.10. The number of aromatic nitrogens is 3. The van der Waals surface area contributed by atoms with Crippen LogP contribution in [0.4, 0.5) is 17.6 Å². The smallest absolute Gasteiger partial charge is 0.475 e. The van der Waals surface area contributed by atoms with E-state index in [0.717, 1.165) is 22.2 Å². The van der Waals surface area contributed by atoms with Crippen LogP contribution in [0, 0.1) is 12.7 Å². The Balaban J connectivity index is 0.000000345. The van der Waals surface area contributed by atoms with Gasteiger partial charge in [0.2, 0.25) is 0 Å². The fourth-order valence-corrected chi connectivity index (χ4v) is 2.29. The number of fused-ring (bicyclic) bond motifs is 1. The van der Waals surface area contributed by atoms with Crippen molar-refractivity contribution in [3.63, 3.8) is 0 Å². The lowest BCUT2D eigenvalue weighted by atomic mass is 10.0. The number of carbonyl (C=O) groups is 1. The Labute approximate surface area is 157 Å². The molecule has 1 N–H and O–H groups in total. The second-order valence-corrected chi connectivity index (χ2v) is 5.76. The molecule has 6 nitrogen and oxygen atoms in total. The van der Waals surface area contributed by atoms with Crippen LogP contribution in [-0.4, -0.2) is 45.7 Å². The molecule has 10 heteroatoms. The monoisotopic (exact) mass is 399 g/mol. The molecule has 0 radical (unpaired) electrons. The number of hydrogen-bond donors (Lipinski definition) is 1. The summed E-state index contributed by atoms with van der Waals surface area (Å²) >= 11 is 0. The van der Waals surface area contributed by atoms with Crippen molar-refractivity contribution in [1.82, 2.24) is 14.8 Å². The number of hydrogen-bond acceptors (Lipinski definition) is 4. The molecule has 150 valence electrons. The number of halogens is 4. The van der Waals surface area contributed by atoms with E-state index in [1.54, 1.807) is 32.5 Å². The predicted octanol–water partition coefficient (Wildman–Crippen LogP) is 3.83. The first-order chi connectivity index (χ1) is 13.1. The van der Waals surface area contributed by atoms with Crippen LogP contribution in [0.15, 0.2) is 36.7 Å². The predicted molar refractivity (Wildman–Crippen MR) is 93.2 cm³/mol. The molecule has 0 bridgehead atoms. The number of aliphatic carboxylic acids is 1. The number of alkyl halides is 3. The van der Waals surface area contributed by atoms with Crippen LogP contribution in [-0.2, 0) is 16.1 Å². The lowest BCUT2D eigenvalue weighted by Gasteiger charge is -2.06. The van der Waals surface area contributed by atoms with E-state index < -0.39 is 12.1 Å². The second-order valence-electron chi connectivity index (χ2n) is 5.76. The standard InChI is InChI=1S/C16H16FN3O.C2HF3O2/c1-11-7-12(3-4-14(11)17)13-8-16-15(18-9-13)10-19-20(16)5-6-21-2;3-2(4,5)1(6)7/h3-4,7-10H,5-6H2,1-2H3;(H,6,7). The van der Waals surface area contributed by atoms with E-state index in [1.165, 1.54) is 6.07 Å². The first-order valence-corrected chi connectivity index (χ1v) is 8.00. The normalized spacial score (nSPS) is 11.2. The van der Waals surface area contributed by atoms with Crippen molar-refractivity contribution in [3.8, 4) is 11.1 Å². The Hall–Kier alpha value is -3.01. The van der Waals surface area contributed by atoms with Gasteiger partial charge in [0, 0.05) is 18.9 Å². The van der Waals surface area contributed by atoms with E-state index >= 15 is 0 Å². The topological polar surface area (TPSA) is 77.2 Å². The molecule has 0 unspecified atom stereocenters. The molecule has 3 rings (SSSR count). The van der Waals surface area contributed by atoms with E-state index in [1.807, 2.05) is 16.8 Å². The van der Waals surface area contributed by atoms with Gasteiger partial charge >= 0.3 is 12.1 Å². The van der Waals surface area contributed by atoms with Crippen LogP contribution in [0.25, 0.3) is 22.2 Å². The molecule has 0 saturated heterocycles. The van der Waals surface area contributed by atoms with Gasteiger partial charge in [0.05, 0.1) is 24.9 Å². The average molecular weight is 399 g/mol. The average Bonchev–Trinajstić information content (AvgIpc) is 3.04. The van der Waals surface area contributed by atoms with Crippen molar-refractivity contribution in [2.24, 2.45) is 0 Å². The number of rotatable bonds is 4. The highest BCUT2D eigenvalue weighted by Gasteiger charge is 2.38. The van der Waals surface area contributed by atoms with Crippen molar-refractivity contribution in [2.45, 2.75) is 19.6 Å². The van der Waals surface area contributed by atoms with Crippen molar-refractivity contribution in [1.29, 1.82) is 0 Å². The maximum atomic E-state index is 13.4. The summed E-state index contributed by atoms with van der Waals surface area (Å²) in [7, 11) is 1.66. The third kappa shape index (κ3) is 5.26. The van der Waals surface area contributed by atoms with Gasteiger partial charge in [0.1, 0.15) is 11.3 Å². The minimum atomic E-state index is -5.08. The summed E-state index contributed by atoms with van der Waals surface area (Å²) in [5.41, 5.74) is 4.31. The van der Waals surface area contributed by atoms with Crippen LogP contribution in [0.3, 0.4) is 0 Å². The molecule has 2 heterocycles. The minimum absolute atomic E-state index is 0.196. The largest absolute Gasteiger partial charge is 0.490 e. The number of methoxy groups -OCH3 is 1. The van der Waals surface area contributed by atoms with Gasteiger partial charge in [0.25, 0.3) is 0 Å². The molecule has 28 heavy (non-hydrogen) atoms. The number of nitrogens with zero attached hydrogens (tertiary/aromatic N) is 3. The van der Waals surface area contributed by atoms with Gasteiger partial charge in [-0.3, -0.25) is 9.67 Å². The SMILES string of the molecule is COCCn1ncc2ncc(-c3ccc(F)c(C)c3)cc21.O=C(O)C(F)(F)F. The summed E-state index contributed by atoms with van der Waals surface area (Å²) in [6.45, 7) is 3.03. The number of pyridine rings is 1. The molecule has 0 spiro atoms. The quantitative estimate of drug-likeness (QED) is 0.675. The Bertz CT molecular complexity index is 970. The summed E-state index contributed by atoms with van der Waals surface area (Å²) in [4.78, 5) is 13.3. The lowest BCUT2D eigenvalue weighted by Crippen LogP contribution is -2.21. The van der Waals surface area contributed by atoms with Crippen molar-refractivity contribution < 1.29 is 32.2 Å². The van der Waals surface area contributed by atoms with E-state index in [-0.39, 0.29) is 5.82 Å². The number of ether oxygens (including phenoxy) is 1. The lowest BCUT2D eigenvalue weighted by molar-refractivity contribution is -0.192. The van der Waals surface area contributed by atoms with Gasteiger partial charge in [-0.25, -0.2) is 9.18 Å². The highest BCUT2D eigenvalue weighted by molar-refractivity contribution is 5.80. The molecule has 0 fully saturated rings. The van der Waals surface area contributed by atoms with Crippen molar-refractivity contribution >= 4 is 17.0 Å². The van der Waals surface area contributed by atoms with Crippen molar-refractivity contribution in [2.75, 3.05) is 13.7 Å². The van der Waals surface area contributed by atoms with Crippen LogP contribution in [0.5, 0.6) is 0 Å². The third-order valence-electron chi connectivity index (χ3n) is 3.74. The van der Waals surface area contributed by atoms with Gasteiger partial charge in [-0.2, -0.15) is 18.3 Å².